The minimum atomic E-state index is -0.282. The van der Waals surface area contributed by atoms with Crippen molar-refractivity contribution in [1.82, 2.24) is 14.6 Å². The van der Waals surface area contributed by atoms with Crippen LogP contribution >= 0.6 is 11.3 Å². The number of pyridine rings is 1. The first kappa shape index (κ1) is 17.8. The topological polar surface area (TPSA) is 95.5 Å². The molecule has 0 bridgehead atoms. The third-order valence-electron chi connectivity index (χ3n) is 5.56. The van der Waals surface area contributed by atoms with Crippen LogP contribution in [0, 0.1) is 6.92 Å². The molecule has 0 unspecified atom stereocenters. The Morgan fingerprint density at radius 3 is 2.68 bits per heavy atom. The van der Waals surface area contributed by atoms with Gasteiger partial charge in [0.1, 0.15) is 21.2 Å². The molecule has 0 aliphatic carbocycles. The number of nitrogens with zero attached hydrogens (tertiary/aromatic N) is 4. The van der Waals surface area contributed by atoms with E-state index in [1.54, 1.807) is 6.92 Å². The predicted molar refractivity (Wildman–Crippen MR) is 110 cm³/mol. The van der Waals surface area contributed by atoms with E-state index in [-0.39, 0.29) is 11.2 Å². The average Bonchev–Trinajstić information content (AvgIpc) is 3.04. The number of hydrogen-bond donors (Lipinski definition) is 1. The molecule has 0 amide bonds. The Kier molecular flexibility index (Phi) is 3.91. The smallest absolute Gasteiger partial charge is 0.289 e. The molecule has 0 saturated carbocycles. The van der Waals surface area contributed by atoms with Crippen molar-refractivity contribution < 1.29 is 9.47 Å². The molecule has 2 aliphatic rings. The van der Waals surface area contributed by atoms with Gasteiger partial charge in [0, 0.05) is 30.5 Å². The molecule has 8 nitrogen and oxygen atoms in total. The Morgan fingerprint density at radius 1 is 1.18 bits per heavy atom. The highest BCUT2D eigenvalue weighted by Crippen LogP contribution is 2.42. The number of hydrogen-bond acceptors (Lipinski definition) is 8. The molecule has 1 fully saturated rings. The van der Waals surface area contributed by atoms with Crippen molar-refractivity contribution in [3.8, 4) is 0 Å². The van der Waals surface area contributed by atoms with E-state index in [4.69, 9.17) is 20.3 Å². The monoisotopic (exact) mass is 401 g/mol. The summed E-state index contributed by atoms with van der Waals surface area (Å²) in [6, 6.07) is 0. The molecule has 2 aliphatic heterocycles. The first-order valence-electron chi connectivity index (χ1n) is 9.45. The van der Waals surface area contributed by atoms with E-state index < -0.39 is 0 Å². The van der Waals surface area contributed by atoms with Crippen LogP contribution in [-0.4, -0.2) is 46.5 Å². The maximum absolute atomic E-state index is 12.7. The van der Waals surface area contributed by atoms with E-state index in [0.29, 0.717) is 35.9 Å². The quantitative estimate of drug-likeness (QED) is 0.620. The number of nitrogen functional groups attached to an aromatic ring is 1. The number of rotatable bonds is 1. The van der Waals surface area contributed by atoms with E-state index in [9.17, 15) is 4.79 Å². The number of fused-ring (bicyclic) bond motifs is 5. The van der Waals surface area contributed by atoms with Gasteiger partial charge in [0.05, 0.1) is 30.9 Å². The lowest BCUT2D eigenvalue weighted by Gasteiger charge is -2.36. The number of aryl methyl sites for hydroxylation is 1. The highest BCUT2D eigenvalue weighted by Gasteiger charge is 2.33. The van der Waals surface area contributed by atoms with Crippen molar-refractivity contribution in [3.63, 3.8) is 0 Å². The Balaban J connectivity index is 1.86. The van der Waals surface area contributed by atoms with Crippen LogP contribution in [0.15, 0.2) is 4.79 Å². The van der Waals surface area contributed by atoms with Gasteiger partial charge in [-0.05, 0) is 26.3 Å². The van der Waals surface area contributed by atoms with Crippen LogP contribution in [0.5, 0.6) is 0 Å². The molecule has 0 spiro atoms. The normalized spacial score (nSPS) is 19.3. The van der Waals surface area contributed by atoms with Gasteiger partial charge in [-0.25, -0.2) is 14.6 Å². The Bertz CT molecular complexity index is 1160. The van der Waals surface area contributed by atoms with E-state index in [1.165, 1.54) is 16.9 Å². The fourth-order valence-corrected chi connectivity index (χ4v) is 5.14. The summed E-state index contributed by atoms with van der Waals surface area (Å²) in [5, 5.41) is 0.976. The molecule has 0 atom stereocenters. The molecular formula is C19H23N5O3S. The lowest BCUT2D eigenvalue weighted by atomic mass is 9.90. The summed E-state index contributed by atoms with van der Waals surface area (Å²) in [7, 11) is 0. The summed E-state index contributed by atoms with van der Waals surface area (Å²) in [5.41, 5.74) is 2.49. The summed E-state index contributed by atoms with van der Waals surface area (Å²) in [6.45, 7) is 9.41. The van der Waals surface area contributed by atoms with Crippen molar-refractivity contribution in [3.05, 3.63) is 27.3 Å². The first-order valence-corrected chi connectivity index (χ1v) is 10.3. The van der Waals surface area contributed by atoms with Gasteiger partial charge < -0.3 is 20.2 Å². The van der Waals surface area contributed by atoms with Crippen LogP contribution in [0.25, 0.3) is 20.4 Å². The minimum Gasteiger partial charge on any atom is -0.378 e. The average molecular weight is 401 g/mol. The number of aromatic nitrogens is 3. The Hall–Kier alpha value is -2.23. The molecule has 5 heterocycles. The lowest BCUT2D eigenvalue weighted by Crippen LogP contribution is -2.39. The zero-order valence-electron chi connectivity index (χ0n) is 16.2. The molecule has 0 aromatic carbocycles. The van der Waals surface area contributed by atoms with Gasteiger partial charge in [-0.2, -0.15) is 0 Å². The Morgan fingerprint density at radius 2 is 1.93 bits per heavy atom. The maximum atomic E-state index is 12.7. The van der Waals surface area contributed by atoms with Crippen LogP contribution in [0.2, 0.25) is 0 Å². The molecule has 3 aromatic heterocycles. The summed E-state index contributed by atoms with van der Waals surface area (Å²) >= 11 is 1.38. The van der Waals surface area contributed by atoms with Crippen LogP contribution in [0.1, 0.15) is 30.8 Å². The molecule has 0 radical (unpaired) electrons. The number of morpholine rings is 1. The van der Waals surface area contributed by atoms with Crippen LogP contribution in [0.4, 0.5) is 5.82 Å². The third kappa shape index (κ3) is 2.61. The molecule has 9 heteroatoms. The molecule has 1 saturated heterocycles. The summed E-state index contributed by atoms with van der Waals surface area (Å²) in [4.78, 5) is 25.5. The molecule has 2 N–H and O–H groups in total. The number of thiophene rings is 1. The second-order valence-electron chi connectivity index (χ2n) is 8.01. The largest absolute Gasteiger partial charge is 0.378 e. The van der Waals surface area contributed by atoms with Gasteiger partial charge in [0.2, 0.25) is 0 Å². The van der Waals surface area contributed by atoms with Crippen molar-refractivity contribution in [2.45, 2.75) is 39.4 Å². The van der Waals surface area contributed by atoms with E-state index >= 15 is 0 Å². The summed E-state index contributed by atoms with van der Waals surface area (Å²) in [5.74, 6) is 7.32. The fourth-order valence-electron chi connectivity index (χ4n) is 4.06. The van der Waals surface area contributed by atoms with Gasteiger partial charge in [0.25, 0.3) is 5.56 Å². The summed E-state index contributed by atoms with van der Waals surface area (Å²) < 4.78 is 13.3. The van der Waals surface area contributed by atoms with Crippen LogP contribution < -0.4 is 16.3 Å². The predicted octanol–water partition coefficient (Wildman–Crippen LogP) is 1.72. The lowest BCUT2D eigenvalue weighted by molar-refractivity contribution is -0.0396. The van der Waals surface area contributed by atoms with Crippen LogP contribution in [-0.2, 0) is 22.5 Å². The molecule has 5 rings (SSSR count). The SMILES string of the molecule is Cc1nc2c(sc3nc(N4CCOCC4)c4c(c32)CC(C)(C)OC4)c(=O)n1N. The maximum Gasteiger partial charge on any atom is 0.289 e. The van der Waals surface area contributed by atoms with Crippen LogP contribution in [0.3, 0.4) is 0 Å². The van der Waals surface area contributed by atoms with Crippen molar-refractivity contribution in [1.29, 1.82) is 0 Å². The van der Waals surface area contributed by atoms with Gasteiger partial charge in [-0.3, -0.25) is 4.79 Å². The minimum absolute atomic E-state index is 0.224. The van der Waals surface area contributed by atoms with Gasteiger partial charge in [-0.15, -0.1) is 11.3 Å². The third-order valence-corrected chi connectivity index (χ3v) is 6.62. The number of ether oxygens (including phenoxy) is 2. The second-order valence-corrected chi connectivity index (χ2v) is 9.01. The van der Waals surface area contributed by atoms with E-state index in [2.05, 4.69) is 23.7 Å². The molecule has 148 valence electrons. The number of nitrogens with two attached hydrogens (primary N) is 1. The molecule has 3 aromatic rings. The van der Waals surface area contributed by atoms with Gasteiger partial charge in [0.15, 0.2) is 0 Å². The number of anilines is 1. The van der Waals surface area contributed by atoms with Gasteiger partial charge >= 0.3 is 0 Å². The van der Waals surface area contributed by atoms with Gasteiger partial charge in [-0.1, -0.05) is 0 Å². The van der Waals surface area contributed by atoms with Crippen molar-refractivity contribution in [2.75, 3.05) is 37.0 Å². The van der Waals surface area contributed by atoms with Crippen molar-refractivity contribution >= 4 is 37.6 Å². The fraction of sp³-hybridized carbons (Fsp3) is 0.526. The highest BCUT2D eigenvalue weighted by molar-refractivity contribution is 7.25. The highest BCUT2D eigenvalue weighted by atomic mass is 32.1. The zero-order chi connectivity index (χ0) is 19.6. The second kappa shape index (κ2) is 6.13. The molecule has 28 heavy (non-hydrogen) atoms. The Labute approximate surface area is 165 Å². The summed E-state index contributed by atoms with van der Waals surface area (Å²) in [6.07, 6.45) is 0.747. The van der Waals surface area contributed by atoms with E-state index in [1.807, 2.05) is 0 Å². The molecular weight excluding hydrogens is 378 g/mol. The van der Waals surface area contributed by atoms with E-state index in [0.717, 1.165) is 45.8 Å². The first-order chi connectivity index (χ1) is 13.4. The zero-order valence-corrected chi connectivity index (χ0v) is 17.1. The van der Waals surface area contributed by atoms with Crippen molar-refractivity contribution in [2.24, 2.45) is 0 Å². The standard InChI is InChI=1S/C19H23N5O3S/c1-10-21-14-13-11-8-19(2,3)27-9-12(11)16(23-4-6-26-7-5-23)22-17(13)28-15(14)18(25)24(10)20/h4-9,20H2,1-3H3.